The van der Waals surface area contributed by atoms with Crippen LogP contribution in [0.3, 0.4) is 0 Å². The fraction of sp³-hybridized carbons (Fsp3) is 0.875. The van der Waals surface area contributed by atoms with Crippen LogP contribution in [0.1, 0.15) is 25.7 Å². The van der Waals surface area contributed by atoms with E-state index in [1.807, 2.05) is 0 Å². The van der Waals surface area contributed by atoms with Crippen LogP contribution in [0.25, 0.3) is 0 Å². The first-order chi connectivity index (χ1) is 5.22. The van der Waals surface area contributed by atoms with Gasteiger partial charge in [-0.2, -0.15) is 0 Å². The van der Waals surface area contributed by atoms with E-state index in [0.29, 0.717) is 25.7 Å². The van der Waals surface area contributed by atoms with Gasteiger partial charge < -0.3 is 9.84 Å². The number of Topliss-reactive ketones (excluding diaryl/α,β-unsaturated/α-hetero) is 1. The molecule has 0 aromatic heterocycles. The minimum atomic E-state index is -0.423. The molecule has 3 nitrogen and oxygen atoms in total. The van der Waals surface area contributed by atoms with Crippen LogP contribution in [0.15, 0.2) is 0 Å². The zero-order chi connectivity index (χ0) is 8.32. The van der Waals surface area contributed by atoms with Gasteiger partial charge in [0, 0.05) is 20.0 Å². The highest BCUT2D eigenvalue weighted by Gasteiger charge is 2.33. The number of carbonyl (C=O) groups excluding carboxylic acids is 1. The monoisotopic (exact) mass is 158 g/mol. The minimum absolute atomic E-state index is 0.0246. The van der Waals surface area contributed by atoms with Crippen LogP contribution in [-0.2, 0) is 9.53 Å². The first kappa shape index (κ1) is 8.68. The molecule has 1 aliphatic rings. The first-order valence-corrected chi connectivity index (χ1v) is 3.90. The van der Waals surface area contributed by atoms with Crippen molar-refractivity contribution in [2.45, 2.75) is 31.3 Å². The van der Waals surface area contributed by atoms with E-state index in [9.17, 15) is 4.79 Å². The van der Waals surface area contributed by atoms with Gasteiger partial charge in [-0.1, -0.05) is 0 Å². The van der Waals surface area contributed by atoms with Crippen molar-refractivity contribution in [1.82, 2.24) is 0 Å². The molecule has 0 radical (unpaired) electrons. The number of hydrogen-bond donors (Lipinski definition) is 1. The highest BCUT2D eigenvalue weighted by molar-refractivity contribution is 5.79. The quantitative estimate of drug-likeness (QED) is 0.636. The number of ketones is 1. The summed E-state index contributed by atoms with van der Waals surface area (Å²) in [5.74, 6) is 0.283. The zero-order valence-electron chi connectivity index (χ0n) is 6.80. The first-order valence-electron chi connectivity index (χ1n) is 3.90. The van der Waals surface area contributed by atoms with E-state index in [1.165, 1.54) is 0 Å². The molecular weight excluding hydrogens is 144 g/mol. The Kier molecular flexibility index (Phi) is 2.62. The second-order valence-corrected chi connectivity index (χ2v) is 3.08. The Bertz CT molecular complexity index is 137. The topological polar surface area (TPSA) is 46.5 Å². The number of methoxy groups -OCH3 is 1. The van der Waals surface area contributed by atoms with Crippen molar-refractivity contribution < 1.29 is 14.6 Å². The van der Waals surface area contributed by atoms with E-state index in [2.05, 4.69) is 0 Å². The highest BCUT2D eigenvalue weighted by Crippen LogP contribution is 2.28. The lowest BCUT2D eigenvalue weighted by Crippen LogP contribution is -2.39. The summed E-state index contributed by atoms with van der Waals surface area (Å²) in [6.07, 6.45) is 2.43. The predicted molar refractivity (Wildman–Crippen MR) is 40.3 cm³/mol. The third-order valence-electron chi connectivity index (χ3n) is 2.44. The number of rotatable bonds is 2. The molecule has 0 spiro atoms. The van der Waals surface area contributed by atoms with Crippen LogP contribution < -0.4 is 0 Å². The average molecular weight is 158 g/mol. The number of hydrogen-bond acceptors (Lipinski definition) is 3. The standard InChI is InChI=1S/C8H14O3/c1-11-8(6-9)4-2-7(10)3-5-8/h9H,2-6H2,1H3. The van der Waals surface area contributed by atoms with Crippen molar-refractivity contribution in [3.63, 3.8) is 0 Å². The van der Waals surface area contributed by atoms with Gasteiger partial charge in [-0.05, 0) is 12.8 Å². The van der Waals surface area contributed by atoms with Crippen LogP contribution in [0.4, 0.5) is 0 Å². The largest absolute Gasteiger partial charge is 0.393 e. The van der Waals surface area contributed by atoms with E-state index >= 15 is 0 Å². The van der Waals surface area contributed by atoms with E-state index < -0.39 is 5.60 Å². The summed E-state index contributed by atoms with van der Waals surface area (Å²) in [7, 11) is 1.59. The Labute approximate surface area is 66.4 Å². The summed E-state index contributed by atoms with van der Waals surface area (Å²) in [4.78, 5) is 10.8. The lowest BCUT2D eigenvalue weighted by molar-refractivity contribution is -0.130. The molecule has 11 heavy (non-hydrogen) atoms. The molecule has 1 N–H and O–H groups in total. The van der Waals surface area contributed by atoms with E-state index in [-0.39, 0.29) is 12.4 Å². The molecule has 0 saturated heterocycles. The number of carbonyl (C=O) groups is 1. The van der Waals surface area contributed by atoms with Crippen LogP contribution in [0.2, 0.25) is 0 Å². The van der Waals surface area contributed by atoms with Gasteiger partial charge in [0.25, 0.3) is 0 Å². The summed E-state index contributed by atoms with van der Waals surface area (Å²) < 4.78 is 5.17. The van der Waals surface area contributed by atoms with Gasteiger partial charge in [0.1, 0.15) is 5.78 Å². The van der Waals surface area contributed by atoms with Crippen molar-refractivity contribution >= 4 is 5.78 Å². The zero-order valence-corrected chi connectivity index (χ0v) is 6.80. The van der Waals surface area contributed by atoms with Crippen molar-refractivity contribution in [3.8, 4) is 0 Å². The summed E-state index contributed by atoms with van der Waals surface area (Å²) in [6.45, 7) is 0.0246. The molecule has 0 aliphatic heterocycles. The second kappa shape index (κ2) is 3.32. The summed E-state index contributed by atoms with van der Waals surface area (Å²) in [6, 6.07) is 0. The van der Waals surface area contributed by atoms with Gasteiger partial charge in [-0.25, -0.2) is 0 Å². The fourth-order valence-electron chi connectivity index (χ4n) is 1.41. The molecule has 1 aliphatic carbocycles. The Morgan fingerprint density at radius 2 is 2.09 bits per heavy atom. The molecule has 0 amide bonds. The Hall–Kier alpha value is -0.410. The molecule has 0 bridgehead atoms. The van der Waals surface area contributed by atoms with Gasteiger partial charge in [0.15, 0.2) is 0 Å². The molecule has 1 saturated carbocycles. The SMILES string of the molecule is COC1(CO)CCC(=O)CC1. The molecule has 0 aromatic rings. The molecule has 1 fully saturated rings. The summed E-state index contributed by atoms with van der Waals surface area (Å²) in [5, 5.41) is 8.99. The molecule has 64 valence electrons. The molecule has 3 heteroatoms. The molecule has 0 aromatic carbocycles. The van der Waals surface area contributed by atoms with Crippen molar-refractivity contribution in [2.75, 3.05) is 13.7 Å². The third-order valence-corrected chi connectivity index (χ3v) is 2.44. The van der Waals surface area contributed by atoms with Crippen LogP contribution >= 0.6 is 0 Å². The predicted octanol–water partition coefficient (Wildman–Crippen LogP) is 0.507. The van der Waals surface area contributed by atoms with Crippen LogP contribution in [-0.4, -0.2) is 30.2 Å². The highest BCUT2D eigenvalue weighted by atomic mass is 16.5. The molecular formula is C8H14O3. The minimum Gasteiger partial charge on any atom is -0.393 e. The lowest BCUT2D eigenvalue weighted by atomic mass is 9.85. The second-order valence-electron chi connectivity index (χ2n) is 3.08. The summed E-state index contributed by atoms with van der Waals surface area (Å²) in [5.41, 5.74) is -0.423. The number of aliphatic hydroxyl groups is 1. The Morgan fingerprint density at radius 1 is 1.55 bits per heavy atom. The maximum atomic E-state index is 10.8. The molecule has 0 atom stereocenters. The lowest BCUT2D eigenvalue weighted by Gasteiger charge is -2.33. The molecule has 0 unspecified atom stereocenters. The van der Waals surface area contributed by atoms with Crippen molar-refractivity contribution in [1.29, 1.82) is 0 Å². The average Bonchev–Trinajstić information content (AvgIpc) is 2.07. The molecule has 0 heterocycles. The van der Waals surface area contributed by atoms with Crippen LogP contribution in [0.5, 0.6) is 0 Å². The van der Waals surface area contributed by atoms with Gasteiger partial charge in [-0.3, -0.25) is 4.79 Å². The van der Waals surface area contributed by atoms with Gasteiger partial charge in [0.2, 0.25) is 0 Å². The third kappa shape index (κ3) is 1.79. The normalized spacial score (nSPS) is 23.6. The number of aliphatic hydroxyl groups excluding tert-OH is 1. The van der Waals surface area contributed by atoms with Gasteiger partial charge in [-0.15, -0.1) is 0 Å². The van der Waals surface area contributed by atoms with Crippen molar-refractivity contribution in [2.24, 2.45) is 0 Å². The summed E-state index contributed by atoms with van der Waals surface area (Å²) >= 11 is 0. The van der Waals surface area contributed by atoms with Gasteiger partial charge >= 0.3 is 0 Å². The fourth-order valence-corrected chi connectivity index (χ4v) is 1.41. The maximum absolute atomic E-state index is 10.8. The van der Waals surface area contributed by atoms with E-state index in [0.717, 1.165) is 0 Å². The van der Waals surface area contributed by atoms with E-state index in [1.54, 1.807) is 7.11 Å². The number of ether oxygens (including phenoxy) is 1. The smallest absolute Gasteiger partial charge is 0.133 e. The van der Waals surface area contributed by atoms with Crippen molar-refractivity contribution in [3.05, 3.63) is 0 Å². The molecule has 1 rings (SSSR count). The Balaban J connectivity index is 2.52. The Morgan fingerprint density at radius 3 is 2.45 bits per heavy atom. The van der Waals surface area contributed by atoms with E-state index in [4.69, 9.17) is 9.84 Å². The van der Waals surface area contributed by atoms with Gasteiger partial charge in [0.05, 0.1) is 12.2 Å². The van der Waals surface area contributed by atoms with Crippen LogP contribution in [0, 0.1) is 0 Å². The maximum Gasteiger partial charge on any atom is 0.133 e.